The van der Waals surface area contributed by atoms with E-state index in [0.717, 1.165) is 29.4 Å². The quantitative estimate of drug-likeness (QED) is 0.874. The van der Waals surface area contributed by atoms with E-state index in [1.165, 1.54) is 12.8 Å². The van der Waals surface area contributed by atoms with Crippen LogP contribution in [0.5, 0.6) is 0 Å². The third-order valence-electron chi connectivity index (χ3n) is 2.96. The maximum Gasteiger partial charge on any atom is 0.162 e. The van der Waals surface area contributed by atoms with Gasteiger partial charge in [-0.1, -0.05) is 0 Å². The summed E-state index contributed by atoms with van der Waals surface area (Å²) < 4.78 is 5.27. The van der Waals surface area contributed by atoms with Gasteiger partial charge < -0.3 is 9.73 Å². The van der Waals surface area contributed by atoms with Crippen LogP contribution in [0.15, 0.2) is 29.0 Å². The van der Waals surface area contributed by atoms with Crippen molar-refractivity contribution in [3.8, 4) is 11.4 Å². The van der Waals surface area contributed by atoms with Gasteiger partial charge in [-0.15, -0.1) is 0 Å². The molecule has 17 heavy (non-hydrogen) atoms. The van der Waals surface area contributed by atoms with Gasteiger partial charge in [0.25, 0.3) is 0 Å². The molecule has 1 aliphatic rings. The Morgan fingerprint density at radius 2 is 2.29 bits per heavy atom. The first-order chi connectivity index (χ1) is 8.33. The third-order valence-corrected chi connectivity index (χ3v) is 2.96. The molecule has 0 aromatic carbocycles. The Hall–Kier alpha value is -1.68. The summed E-state index contributed by atoms with van der Waals surface area (Å²) in [6.07, 6.45) is 6.05. The first-order valence-corrected chi connectivity index (χ1v) is 5.93. The predicted molar refractivity (Wildman–Crippen MR) is 64.3 cm³/mol. The Balaban J connectivity index is 1.80. The normalized spacial score (nSPS) is 15.1. The van der Waals surface area contributed by atoms with E-state index in [1.54, 1.807) is 12.5 Å². The van der Waals surface area contributed by atoms with Gasteiger partial charge in [0.2, 0.25) is 0 Å². The molecule has 2 aromatic heterocycles. The lowest BCUT2D eigenvalue weighted by Gasteiger charge is -2.04. The molecule has 1 saturated carbocycles. The van der Waals surface area contributed by atoms with Crippen LogP contribution in [0.2, 0.25) is 0 Å². The molecule has 0 atom stereocenters. The van der Waals surface area contributed by atoms with E-state index < -0.39 is 0 Å². The van der Waals surface area contributed by atoms with Crippen molar-refractivity contribution in [3.05, 3.63) is 36.0 Å². The second-order valence-corrected chi connectivity index (χ2v) is 4.42. The molecule has 4 nitrogen and oxygen atoms in total. The SMILES string of the molecule is Cc1occc1-c1nccc(CNC2CC2)n1. The molecule has 0 saturated heterocycles. The van der Waals surface area contributed by atoms with Crippen LogP contribution in [0.3, 0.4) is 0 Å². The summed E-state index contributed by atoms with van der Waals surface area (Å²) in [7, 11) is 0. The van der Waals surface area contributed by atoms with Crippen molar-refractivity contribution < 1.29 is 4.42 Å². The van der Waals surface area contributed by atoms with E-state index in [2.05, 4.69) is 15.3 Å². The van der Waals surface area contributed by atoms with Crippen LogP contribution in [0.1, 0.15) is 24.3 Å². The summed E-state index contributed by atoms with van der Waals surface area (Å²) in [4.78, 5) is 8.83. The molecule has 0 spiro atoms. The number of furan rings is 1. The van der Waals surface area contributed by atoms with E-state index >= 15 is 0 Å². The molecule has 88 valence electrons. The Kier molecular flexibility index (Phi) is 2.65. The number of nitrogens with one attached hydrogen (secondary N) is 1. The van der Waals surface area contributed by atoms with Crippen LogP contribution in [0.4, 0.5) is 0 Å². The number of aromatic nitrogens is 2. The first-order valence-electron chi connectivity index (χ1n) is 5.93. The fraction of sp³-hybridized carbons (Fsp3) is 0.385. The van der Waals surface area contributed by atoms with E-state index in [4.69, 9.17) is 4.42 Å². The molecule has 0 bridgehead atoms. The number of hydrogen-bond donors (Lipinski definition) is 1. The van der Waals surface area contributed by atoms with Crippen LogP contribution in [0.25, 0.3) is 11.4 Å². The lowest BCUT2D eigenvalue weighted by atomic mass is 10.2. The van der Waals surface area contributed by atoms with Gasteiger partial charge in [0.1, 0.15) is 5.76 Å². The fourth-order valence-corrected chi connectivity index (χ4v) is 1.78. The Morgan fingerprint density at radius 3 is 3.00 bits per heavy atom. The average molecular weight is 229 g/mol. The van der Waals surface area contributed by atoms with Crippen molar-refractivity contribution in [1.29, 1.82) is 0 Å². The van der Waals surface area contributed by atoms with E-state index in [9.17, 15) is 0 Å². The number of nitrogens with zero attached hydrogens (tertiary/aromatic N) is 2. The molecular formula is C13H15N3O. The lowest BCUT2D eigenvalue weighted by Crippen LogP contribution is -2.16. The van der Waals surface area contributed by atoms with Crippen molar-refractivity contribution in [2.45, 2.75) is 32.4 Å². The van der Waals surface area contributed by atoms with Crippen LogP contribution < -0.4 is 5.32 Å². The molecule has 0 radical (unpaired) electrons. The minimum absolute atomic E-state index is 0.698. The minimum Gasteiger partial charge on any atom is -0.469 e. The Morgan fingerprint density at radius 1 is 1.41 bits per heavy atom. The highest BCUT2D eigenvalue weighted by atomic mass is 16.3. The second-order valence-electron chi connectivity index (χ2n) is 4.42. The highest BCUT2D eigenvalue weighted by Crippen LogP contribution is 2.21. The van der Waals surface area contributed by atoms with Gasteiger partial charge in [-0.2, -0.15) is 0 Å². The van der Waals surface area contributed by atoms with E-state index in [-0.39, 0.29) is 0 Å². The molecule has 2 heterocycles. The van der Waals surface area contributed by atoms with Crippen LogP contribution in [-0.2, 0) is 6.54 Å². The van der Waals surface area contributed by atoms with Gasteiger partial charge in [0.15, 0.2) is 5.82 Å². The summed E-state index contributed by atoms with van der Waals surface area (Å²) in [6, 6.07) is 4.56. The summed E-state index contributed by atoms with van der Waals surface area (Å²) >= 11 is 0. The molecule has 1 N–H and O–H groups in total. The molecular weight excluding hydrogens is 214 g/mol. The van der Waals surface area contributed by atoms with Crippen molar-refractivity contribution in [2.24, 2.45) is 0 Å². The van der Waals surface area contributed by atoms with Crippen molar-refractivity contribution in [1.82, 2.24) is 15.3 Å². The zero-order valence-corrected chi connectivity index (χ0v) is 9.81. The molecule has 1 aliphatic carbocycles. The molecule has 0 unspecified atom stereocenters. The summed E-state index contributed by atoms with van der Waals surface area (Å²) in [5.74, 6) is 1.60. The van der Waals surface area contributed by atoms with E-state index in [1.807, 2.05) is 19.1 Å². The fourth-order valence-electron chi connectivity index (χ4n) is 1.78. The van der Waals surface area contributed by atoms with Crippen LogP contribution >= 0.6 is 0 Å². The standard InChI is InChI=1S/C13H15N3O/c1-9-12(5-7-17-9)13-14-6-4-11(16-13)8-15-10-2-3-10/h4-7,10,15H,2-3,8H2,1H3. The highest BCUT2D eigenvalue weighted by molar-refractivity contribution is 5.56. The number of hydrogen-bond acceptors (Lipinski definition) is 4. The van der Waals surface area contributed by atoms with Gasteiger partial charge in [-0.05, 0) is 31.9 Å². The zero-order valence-electron chi connectivity index (χ0n) is 9.81. The maximum atomic E-state index is 5.27. The molecule has 3 rings (SSSR count). The minimum atomic E-state index is 0.698. The Labute approximate surface area is 100 Å². The van der Waals surface area contributed by atoms with Crippen molar-refractivity contribution in [2.75, 3.05) is 0 Å². The van der Waals surface area contributed by atoms with E-state index in [0.29, 0.717) is 6.04 Å². The Bertz CT molecular complexity index is 517. The average Bonchev–Trinajstić information content (AvgIpc) is 3.08. The molecule has 1 fully saturated rings. The van der Waals surface area contributed by atoms with Crippen molar-refractivity contribution >= 4 is 0 Å². The summed E-state index contributed by atoms with van der Waals surface area (Å²) in [6.45, 7) is 2.74. The lowest BCUT2D eigenvalue weighted by molar-refractivity contribution is 0.535. The second kappa shape index (κ2) is 4.30. The summed E-state index contributed by atoms with van der Waals surface area (Å²) in [5.41, 5.74) is 2.00. The molecule has 0 amide bonds. The van der Waals surface area contributed by atoms with Crippen LogP contribution in [-0.4, -0.2) is 16.0 Å². The maximum absolute atomic E-state index is 5.27. The highest BCUT2D eigenvalue weighted by Gasteiger charge is 2.20. The first kappa shape index (κ1) is 10.5. The molecule has 2 aromatic rings. The van der Waals surface area contributed by atoms with Gasteiger partial charge >= 0.3 is 0 Å². The monoisotopic (exact) mass is 229 g/mol. The number of rotatable bonds is 4. The summed E-state index contributed by atoms with van der Waals surface area (Å²) in [5, 5.41) is 3.45. The third kappa shape index (κ3) is 2.36. The van der Waals surface area contributed by atoms with Crippen LogP contribution in [0, 0.1) is 6.92 Å². The smallest absolute Gasteiger partial charge is 0.162 e. The number of aryl methyl sites for hydroxylation is 1. The largest absolute Gasteiger partial charge is 0.469 e. The molecule has 0 aliphatic heterocycles. The van der Waals surface area contributed by atoms with Gasteiger partial charge in [0.05, 0.1) is 17.5 Å². The zero-order chi connectivity index (χ0) is 11.7. The molecule has 4 heteroatoms. The van der Waals surface area contributed by atoms with Crippen molar-refractivity contribution in [3.63, 3.8) is 0 Å². The topological polar surface area (TPSA) is 51.0 Å². The predicted octanol–water partition coefficient (Wildman–Crippen LogP) is 2.30. The van der Waals surface area contributed by atoms with Gasteiger partial charge in [-0.25, -0.2) is 9.97 Å². The van der Waals surface area contributed by atoms with Gasteiger partial charge in [0, 0.05) is 18.8 Å². The van der Waals surface area contributed by atoms with Gasteiger partial charge in [-0.3, -0.25) is 0 Å².